The maximum absolute atomic E-state index is 12.4. The van der Waals surface area contributed by atoms with E-state index in [2.05, 4.69) is 21.2 Å². The molecule has 0 heterocycles. The third kappa shape index (κ3) is 6.04. The summed E-state index contributed by atoms with van der Waals surface area (Å²) >= 11 is 3.32. The zero-order valence-electron chi connectivity index (χ0n) is 16.5. The molecule has 0 saturated heterocycles. The number of carbonyl (C=O) groups excluding carboxylic acids is 2. The number of anilines is 1. The van der Waals surface area contributed by atoms with E-state index in [-0.39, 0.29) is 5.57 Å². The Hall–Kier alpha value is -3.89. The molecule has 3 aromatic rings. The Morgan fingerprint density at radius 3 is 2.13 bits per heavy atom. The molecule has 0 aromatic heterocycles. The number of halogens is 1. The van der Waals surface area contributed by atoms with E-state index in [1.165, 1.54) is 6.08 Å². The normalized spacial score (nSPS) is 10.7. The Kier molecular flexibility index (Phi) is 7.20. The predicted octanol–water partition coefficient (Wildman–Crippen LogP) is 5.22. The van der Waals surface area contributed by atoms with Gasteiger partial charge in [-0.2, -0.15) is 5.26 Å². The highest BCUT2D eigenvalue weighted by atomic mass is 79.9. The Balaban J connectivity index is 1.66. The molecular formula is C24H17BrN2O4. The number of nitrogens with one attached hydrogen (secondary N) is 1. The van der Waals surface area contributed by atoms with Gasteiger partial charge in [0.2, 0.25) is 0 Å². The van der Waals surface area contributed by atoms with Crippen molar-refractivity contribution >= 4 is 39.6 Å². The number of rotatable bonds is 6. The number of amides is 1. The fourth-order valence-electron chi connectivity index (χ4n) is 2.57. The molecule has 0 atom stereocenters. The number of hydrogen-bond acceptors (Lipinski definition) is 5. The lowest BCUT2D eigenvalue weighted by molar-refractivity contribution is -0.112. The van der Waals surface area contributed by atoms with Crippen LogP contribution in [0.4, 0.5) is 5.69 Å². The molecule has 0 unspecified atom stereocenters. The molecule has 31 heavy (non-hydrogen) atoms. The van der Waals surface area contributed by atoms with E-state index < -0.39 is 11.9 Å². The molecule has 154 valence electrons. The summed E-state index contributed by atoms with van der Waals surface area (Å²) in [4.78, 5) is 24.6. The summed E-state index contributed by atoms with van der Waals surface area (Å²) in [5.74, 6) is 0.00650. The molecule has 0 bridgehead atoms. The standard InChI is InChI=1S/C24H17BrN2O4/c1-30-21-12-8-20(9-13-21)27-23(28)18(15-26)14-16-2-10-22(11-3-16)31-24(29)17-4-6-19(25)7-5-17/h2-14H,1H3,(H,27,28)/b18-14+. The molecule has 0 spiro atoms. The molecule has 1 N–H and O–H groups in total. The van der Waals surface area contributed by atoms with Crippen LogP contribution in [0, 0.1) is 11.3 Å². The third-order valence-electron chi connectivity index (χ3n) is 4.19. The van der Waals surface area contributed by atoms with Crippen LogP contribution in [0.3, 0.4) is 0 Å². The molecule has 3 aromatic carbocycles. The zero-order valence-corrected chi connectivity index (χ0v) is 18.0. The van der Waals surface area contributed by atoms with Crippen LogP contribution in [-0.2, 0) is 4.79 Å². The second-order valence-corrected chi connectivity index (χ2v) is 7.23. The summed E-state index contributed by atoms with van der Waals surface area (Å²) in [6.45, 7) is 0. The van der Waals surface area contributed by atoms with Gasteiger partial charge in [-0.3, -0.25) is 4.79 Å². The summed E-state index contributed by atoms with van der Waals surface area (Å²) in [7, 11) is 1.55. The Bertz CT molecular complexity index is 1150. The van der Waals surface area contributed by atoms with Crippen molar-refractivity contribution in [2.75, 3.05) is 12.4 Å². The summed E-state index contributed by atoms with van der Waals surface area (Å²) in [6.07, 6.45) is 1.46. The number of methoxy groups -OCH3 is 1. The van der Waals surface area contributed by atoms with Crippen molar-refractivity contribution in [3.63, 3.8) is 0 Å². The third-order valence-corrected chi connectivity index (χ3v) is 4.72. The largest absolute Gasteiger partial charge is 0.497 e. The average molecular weight is 477 g/mol. The van der Waals surface area contributed by atoms with Crippen molar-refractivity contribution in [1.29, 1.82) is 5.26 Å². The molecular weight excluding hydrogens is 460 g/mol. The van der Waals surface area contributed by atoms with E-state index in [4.69, 9.17) is 9.47 Å². The van der Waals surface area contributed by atoms with E-state index in [9.17, 15) is 14.9 Å². The van der Waals surface area contributed by atoms with Gasteiger partial charge in [0.05, 0.1) is 12.7 Å². The molecule has 0 aliphatic carbocycles. The van der Waals surface area contributed by atoms with Crippen molar-refractivity contribution in [3.05, 3.63) is 94.0 Å². The second-order valence-electron chi connectivity index (χ2n) is 6.32. The Morgan fingerprint density at radius 2 is 1.55 bits per heavy atom. The number of nitrogens with zero attached hydrogens (tertiary/aromatic N) is 1. The average Bonchev–Trinajstić information content (AvgIpc) is 2.79. The van der Waals surface area contributed by atoms with Gasteiger partial charge in [0.15, 0.2) is 0 Å². The first-order valence-corrected chi connectivity index (χ1v) is 9.93. The lowest BCUT2D eigenvalue weighted by Crippen LogP contribution is -2.13. The summed E-state index contributed by atoms with van der Waals surface area (Å²) < 4.78 is 11.3. The smallest absolute Gasteiger partial charge is 0.343 e. The molecule has 0 fully saturated rings. The monoisotopic (exact) mass is 476 g/mol. The van der Waals surface area contributed by atoms with E-state index in [1.54, 1.807) is 79.9 Å². The molecule has 0 aliphatic rings. The SMILES string of the molecule is COc1ccc(NC(=O)/C(C#N)=C/c2ccc(OC(=O)c3ccc(Br)cc3)cc2)cc1. The van der Waals surface area contributed by atoms with Crippen molar-refractivity contribution in [3.8, 4) is 17.6 Å². The fourth-order valence-corrected chi connectivity index (χ4v) is 2.84. The van der Waals surface area contributed by atoms with Crippen LogP contribution in [0.1, 0.15) is 15.9 Å². The first-order valence-electron chi connectivity index (χ1n) is 9.13. The number of benzene rings is 3. The van der Waals surface area contributed by atoms with Crippen LogP contribution in [0.5, 0.6) is 11.5 Å². The molecule has 6 nitrogen and oxygen atoms in total. The molecule has 0 radical (unpaired) electrons. The molecule has 1 amide bonds. The lowest BCUT2D eigenvalue weighted by atomic mass is 10.1. The molecule has 7 heteroatoms. The van der Waals surface area contributed by atoms with Gasteiger partial charge in [-0.1, -0.05) is 28.1 Å². The number of ether oxygens (including phenoxy) is 2. The predicted molar refractivity (Wildman–Crippen MR) is 121 cm³/mol. The Labute approximate surface area is 187 Å². The lowest BCUT2D eigenvalue weighted by Gasteiger charge is -2.06. The van der Waals surface area contributed by atoms with Crippen molar-refractivity contribution in [2.45, 2.75) is 0 Å². The second kappa shape index (κ2) is 10.2. The quantitative estimate of drug-likeness (QED) is 0.228. The van der Waals surface area contributed by atoms with Gasteiger partial charge in [-0.15, -0.1) is 0 Å². The van der Waals surface area contributed by atoms with Gasteiger partial charge >= 0.3 is 5.97 Å². The van der Waals surface area contributed by atoms with Crippen LogP contribution in [0.25, 0.3) is 6.08 Å². The summed E-state index contributed by atoms with van der Waals surface area (Å²) in [5, 5.41) is 12.0. The molecule has 0 aliphatic heterocycles. The maximum Gasteiger partial charge on any atom is 0.343 e. The molecule has 3 rings (SSSR count). The highest BCUT2D eigenvalue weighted by Gasteiger charge is 2.11. The van der Waals surface area contributed by atoms with Gasteiger partial charge in [-0.25, -0.2) is 4.79 Å². The van der Waals surface area contributed by atoms with Crippen LogP contribution < -0.4 is 14.8 Å². The summed E-state index contributed by atoms with van der Waals surface area (Å²) in [5.41, 5.74) is 1.52. The van der Waals surface area contributed by atoms with Crippen molar-refractivity contribution in [1.82, 2.24) is 0 Å². The number of carbonyl (C=O) groups is 2. The van der Waals surface area contributed by atoms with E-state index in [0.29, 0.717) is 28.3 Å². The minimum Gasteiger partial charge on any atom is -0.497 e. The number of esters is 1. The first kappa shape index (κ1) is 21.8. The fraction of sp³-hybridized carbons (Fsp3) is 0.0417. The van der Waals surface area contributed by atoms with Gasteiger partial charge in [0.25, 0.3) is 5.91 Å². The molecule has 0 saturated carbocycles. The van der Waals surface area contributed by atoms with Crippen molar-refractivity contribution < 1.29 is 19.1 Å². The summed E-state index contributed by atoms with van der Waals surface area (Å²) in [6, 6.07) is 22.0. The minimum absolute atomic E-state index is 0.0598. The van der Waals surface area contributed by atoms with Crippen LogP contribution in [0.15, 0.2) is 82.8 Å². The van der Waals surface area contributed by atoms with E-state index in [1.807, 2.05) is 6.07 Å². The highest BCUT2D eigenvalue weighted by Crippen LogP contribution is 2.19. The van der Waals surface area contributed by atoms with E-state index in [0.717, 1.165) is 4.47 Å². The number of hydrogen-bond donors (Lipinski definition) is 1. The Morgan fingerprint density at radius 1 is 0.935 bits per heavy atom. The van der Waals surface area contributed by atoms with Crippen LogP contribution >= 0.6 is 15.9 Å². The van der Waals surface area contributed by atoms with Crippen molar-refractivity contribution in [2.24, 2.45) is 0 Å². The van der Waals surface area contributed by atoms with E-state index >= 15 is 0 Å². The van der Waals surface area contributed by atoms with Gasteiger partial charge < -0.3 is 14.8 Å². The highest BCUT2D eigenvalue weighted by molar-refractivity contribution is 9.10. The van der Waals surface area contributed by atoms with Gasteiger partial charge in [-0.05, 0) is 72.3 Å². The van der Waals surface area contributed by atoms with Crippen LogP contribution in [0.2, 0.25) is 0 Å². The van der Waals surface area contributed by atoms with Gasteiger partial charge in [0.1, 0.15) is 23.1 Å². The maximum atomic E-state index is 12.4. The van der Waals surface area contributed by atoms with Gasteiger partial charge in [0, 0.05) is 10.2 Å². The first-order chi connectivity index (χ1) is 15.0. The van der Waals surface area contributed by atoms with Crippen LogP contribution in [-0.4, -0.2) is 19.0 Å². The zero-order chi connectivity index (χ0) is 22.2. The minimum atomic E-state index is -0.529. The topological polar surface area (TPSA) is 88.4 Å². The number of nitriles is 1.